The van der Waals surface area contributed by atoms with Crippen LogP contribution in [0.2, 0.25) is 0 Å². The number of benzene rings is 2. The number of nitrogen functional groups attached to an aromatic ring is 1. The van der Waals surface area contributed by atoms with Gasteiger partial charge in [0, 0.05) is 6.07 Å². The molecule has 0 aliphatic carbocycles. The summed E-state index contributed by atoms with van der Waals surface area (Å²) >= 11 is 0. The molecule has 0 saturated heterocycles. The van der Waals surface area contributed by atoms with E-state index in [2.05, 4.69) is 10.6 Å². The summed E-state index contributed by atoms with van der Waals surface area (Å²) in [6.07, 6.45) is 0. The number of hydrogen-bond acceptors (Lipinski definition) is 4. The summed E-state index contributed by atoms with van der Waals surface area (Å²) in [7, 11) is 0. The van der Waals surface area contributed by atoms with Gasteiger partial charge in [-0.1, -0.05) is 6.07 Å². The first-order valence-electron chi connectivity index (χ1n) is 6.42. The molecule has 1 aliphatic heterocycles. The Kier molecular flexibility index (Phi) is 3.13. The number of ether oxygens (including phenoxy) is 1. The van der Waals surface area contributed by atoms with Crippen LogP contribution < -0.4 is 21.1 Å². The van der Waals surface area contributed by atoms with Crippen LogP contribution >= 0.6 is 0 Å². The molecule has 1 aliphatic rings. The molecule has 3 rings (SSSR count). The molecule has 2 aromatic rings. The van der Waals surface area contributed by atoms with E-state index < -0.39 is 0 Å². The summed E-state index contributed by atoms with van der Waals surface area (Å²) in [5.74, 6) is -0.111. The van der Waals surface area contributed by atoms with Crippen molar-refractivity contribution in [3.8, 4) is 5.75 Å². The van der Waals surface area contributed by atoms with Crippen LogP contribution in [-0.4, -0.2) is 12.5 Å². The molecule has 0 spiro atoms. The minimum absolute atomic E-state index is 0.0360. The van der Waals surface area contributed by atoms with Crippen molar-refractivity contribution in [3.05, 3.63) is 41.7 Å². The third kappa shape index (κ3) is 2.60. The molecule has 6 heteroatoms. The Balaban J connectivity index is 1.97. The van der Waals surface area contributed by atoms with Crippen molar-refractivity contribution in [2.75, 3.05) is 23.0 Å². The van der Waals surface area contributed by atoms with Gasteiger partial charge in [-0.3, -0.25) is 4.79 Å². The van der Waals surface area contributed by atoms with Crippen molar-refractivity contribution < 1.29 is 13.9 Å². The molecule has 1 heterocycles. The maximum Gasteiger partial charge on any atom is 0.262 e. The Hall–Kier alpha value is -2.76. The SMILES string of the molecule is Cc1ccc(F)c(Nc2cc3c(cc2N)OCC(=O)N3)c1. The van der Waals surface area contributed by atoms with Gasteiger partial charge in [0.2, 0.25) is 0 Å². The summed E-state index contributed by atoms with van der Waals surface area (Å²) in [6, 6.07) is 7.99. The third-order valence-corrected chi connectivity index (χ3v) is 3.18. The number of nitrogens with one attached hydrogen (secondary N) is 2. The van der Waals surface area contributed by atoms with E-state index in [-0.39, 0.29) is 18.3 Å². The quantitative estimate of drug-likeness (QED) is 0.742. The zero-order chi connectivity index (χ0) is 15.0. The molecule has 0 saturated carbocycles. The van der Waals surface area contributed by atoms with Crippen LogP contribution in [0.25, 0.3) is 0 Å². The number of carbonyl (C=O) groups excluding carboxylic acids is 1. The Morgan fingerprint density at radius 2 is 2.10 bits per heavy atom. The third-order valence-electron chi connectivity index (χ3n) is 3.18. The fourth-order valence-corrected chi connectivity index (χ4v) is 2.13. The van der Waals surface area contributed by atoms with Gasteiger partial charge in [0.25, 0.3) is 5.91 Å². The first-order valence-corrected chi connectivity index (χ1v) is 6.42. The number of amides is 1. The number of halogens is 1. The smallest absolute Gasteiger partial charge is 0.262 e. The number of fused-ring (bicyclic) bond motifs is 1. The van der Waals surface area contributed by atoms with Gasteiger partial charge in [-0.15, -0.1) is 0 Å². The van der Waals surface area contributed by atoms with Crippen molar-refractivity contribution in [2.45, 2.75) is 6.92 Å². The lowest BCUT2D eigenvalue weighted by Gasteiger charge is -2.20. The van der Waals surface area contributed by atoms with Crippen molar-refractivity contribution in [2.24, 2.45) is 0 Å². The van der Waals surface area contributed by atoms with Gasteiger partial charge >= 0.3 is 0 Å². The second-order valence-corrected chi connectivity index (χ2v) is 4.88. The van der Waals surface area contributed by atoms with E-state index in [4.69, 9.17) is 10.5 Å². The first kappa shape index (κ1) is 13.2. The van der Waals surface area contributed by atoms with Gasteiger partial charge < -0.3 is 21.1 Å². The average molecular weight is 287 g/mol. The van der Waals surface area contributed by atoms with E-state index in [1.165, 1.54) is 6.07 Å². The van der Waals surface area contributed by atoms with E-state index in [0.29, 0.717) is 28.5 Å². The van der Waals surface area contributed by atoms with Crippen molar-refractivity contribution in [1.82, 2.24) is 0 Å². The standard InChI is InChI=1S/C15H14FN3O2/c1-8-2-3-9(16)11(4-8)18-12-6-13-14(5-10(12)17)21-7-15(20)19-13/h2-6,18H,7,17H2,1H3,(H,19,20). The van der Waals surface area contributed by atoms with Crippen molar-refractivity contribution in [1.29, 1.82) is 0 Å². The number of nitrogens with two attached hydrogens (primary N) is 1. The maximum atomic E-state index is 13.8. The lowest BCUT2D eigenvalue weighted by Crippen LogP contribution is -2.25. The molecule has 0 unspecified atom stereocenters. The molecule has 0 atom stereocenters. The van der Waals surface area contributed by atoms with Crippen molar-refractivity contribution >= 4 is 28.7 Å². The number of rotatable bonds is 2. The molecule has 2 aromatic carbocycles. The van der Waals surface area contributed by atoms with Crippen molar-refractivity contribution in [3.63, 3.8) is 0 Å². The van der Waals surface area contributed by atoms with Crippen LogP contribution in [0.5, 0.6) is 5.75 Å². The van der Waals surface area contributed by atoms with Gasteiger partial charge in [0.05, 0.1) is 22.7 Å². The highest BCUT2D eigenvalue weighted by molar-refractivity contribution is 5.97. The molecular weight excluding hydrogens is 273 g/mol. The molecule has 5 nitrogen and oxygen atoms in total. The Morgan fingerprint density at radius 1 is 1.29 bits per heavy atom. The topological polar surface area (TPSA) is 76.4 Å². The summed E-state index contributed by atoms with van der Waals surface area (Å²) in [4.78, 5) is 11.3. The zero-order valence-electron chi connectivity index (χ0n) is 11.4. The predicted octanol–water partition coefficient (Wildman–Crippen LogP) is 2.79. The lowest BCUT2D eigenvalue weighted by atomic mass is 10.1. The first-order chi connectivity index (χ1) is 10.0. The second-order valence-electron chi connectivity index (χ2n) is 4.88. The van der Waals surface area contributed by atoms with Gasteiger partial charge in [-0.25, -0.2) is 4.39 Å². The molecular formula is C15H14FN3O2. The van der Waals surface area contributed by atoms with Gasteiger partial charge in [-0.2, -0.15) is 0 Å². The van der Waals surface area contributed by atoms with Crippen LogP contribution in [-0.2, 0) is 4.79 Å². The van der Waals surface area contributed by atoms with E-state index in [1.54, 1.807) is 24.3 Å². The highest BCUT2D eigenvalue weighted by Gasteiger charge is 2.18. The number of carbonyl (C=O) groups is 1. The molecule has 4 N–H and O–H groups in total. The summed E-state index contributed by atoms with van der Waals surface area (Å²) in [5, 5.41) is 5.63. The highest BCUT2D eigenvalue weighted by Crippen LogP contribution is 2.36. The van der Waals surface area contributed by atoms with E-state index in [1.807, 2.05) is 6.92 Å². The fraction of sp³-hybridized carbons (Fsp3) is 0.133. The average Bonchev–Trinajstić information content (AvgIpc) is 2.44. The molecule has 0 bridgehead atoms. The number of hydrogen-bond donors (Lipinski definition) is 3. The van der Waals surface area contributed by atoms with Gasteiger partial charge in [0.15, 0.2) is 6.61 Å². The van der Waals surface area contributed by atoms with E-state index >= 15 is 0 Å². The fourth-order valence-electron chi connectivity index (χ4n) is 2.13. The maximum absolute atomic E-state index is 13.8. The molecule has 0 radical (unpaired) electrons. The lowest BCUT2D eigenvalue weighted by molar-refractivity contribution is -0.118. The molecule has 0 fully saturated rings. The minimum atomic E-state index is -0.377. The highest BCUT2D eigenvalue weighted by atomic mass is 19.1. The summed E-state index contributed by atoms with van der Waals surface area (Å²) in [5.41, 5.74) is 8.61. The Bertz CT molecular complexity index is 731. The molecule has 0 aromatic heterocycles. The van der Waals surface area contributed by atoms with Crippen LogP contribution in [0.15, 0.2) is 30.3 Å². The van der Waals surface area contributed by atoms with Crippen LogP contribution in [0.1, 0.15) is 5.56 Å². The Labute approximate surface area is 120 Å². The molecule has 108 valence electrons. The normalized spacial score (nSPS) is 13.1. The largest absolute Gasteiger partial charge is 0.482 e. The molecule has 21 heavy (non-hydrogen) atoms. The summed E-state index contributed by atoms with van der Waals surface area (Å²) in [6.45, 7) is 1.83. The summed E-state index contributed by atoms with van der Waals surface area (Å²) < 4.78 is 19.1. The monoisotopic (exact) mass is 287 g/mol. The number of aryl methyl sites for hydroxylation is 1. The Morgan fingerprint density at radius 3 is 2.90 bits per heavy atom. The van der Waals surface area contributed by atoms with E-state index in [0.717, 1.165) is 5.56 Å². The predicted molar refractivity (Wildman–Crippen MR) is 79.4 cm³/mol. The zero-order valence-corrected chi connectivity index (χ0v) is 11.4. The number of anilines is 4. The molecule has 1 amide bonds. The minimum Gasteiger partial charge on any atom is -0.482 e. The van der Waals surface area contributed by atoms with Gasteiger partial charge in [0.1, 0.15) is 11.6 Å². The second kappa shape index (κ2) is 4.97. The van der Waals surface area contributed by atoms with Gasteiger partial charge in [-0.05, 0) is 30.7 Å². The van der Waals surface area contributed by atoms with Crippen LogP contribution in [0, 0.1) is 12.7 Å². The van der Waals surface area contributed by atoms with Crippen LogP contribution in [0.4, 0.5) is 27.1 Å². The van der Waals surface area contributed by atoms with Crippen LogP contribution in [0.3, 0.4) is 0 Å². The van der Waals surface area contributed by atoms with E-state index in [9.17, 15) is 9.18 Å².